The second-order valence-corrected chi connectivity index (χ2v) is 6.68. The number of pyridine rings is 1. The standard InChI is InChI=1S/C23H17F3N4O3/c1-29-13-16(12-28)20-14-30(17-4-8-19(9-5-17)33-23(24,25)26)22(31)10-21(20)32-18-6-2-15(11-27)3-7-18/h2-10,12-14,16,28H,1H3. The highest BCUT2D eigenvalue weighted by molar-refractivity contribution is 5.89. The number of halogens is 3. The van der Waals surface area contributed by atoms with E-state index in [1.54, 1.807) is 24.3 Å². The summed E-state index contributed by atoms with van der Waals surface area (Å²) in [7, 11) is 1.53. The van der Waals surface area contributed by atoms with E-state index in [9.17, 15) is 18.0 Å². The van der Waals surface area contributed by atoms with Gasteiger partial charge in [0.1, 0.15) is 17.2 Å². The number of nitrogens with one attached hydrogen (secondary N) is 1. The summed E-state index contributed by atoms with van der Waals surface area (Å²) in [6.07, 6.45) is -0.781. The zero-order valence-electron chi connectivity index (χ0n) is 17.2. The van der Waals surface area contributed by atoms with Gasteiger partial charge in [-0.3, -0.25) is 14.4 Å². The van der Waals surface area contributed by atoms with Gasteiger partial charge in [-0.05, 0) is 48.5 Å². The van der Waals surface area contributed by atoms with Crippen LogP contribution in [0, 0.1) is 16.7 Å². The second-order valence-electron chi connectivity index (χ2n) is 6.68. The number of nitrogens with zero attached hydrogens (tertiary/aromatic N) is 3. The summed E-state index contributed by atoms with van der Waals surface area (Å²) in [6, 6.07) is 14.3. The molecule has 2 aromatic carbocycles. The van der Waals surface area contributed by atoms with Crippen molar-refractivity contribution in [3.8, 4) is 29.0 Å². The molecule has 1 aromatic heterocycles. The number of hydrogen-bond donors (Lipinski definition) is 1. The zero-order chi connectivity index (χ0) is 24.0. The number of rotatable bonds is 7. The summed E-state index contributed by atoms with van der Waals surface area (Å²) < 4.78 is 48.2. The van der Waals surface area contributed by atoms with Crippen LogP contribution in [-0.4, -0.2) is 30.4 Å². The molecule has 0 aliphatic rings. The normalized spacial score (nSPS) is 12.2. The number of aromatic nitrogens is 1. The Morgan fingerprint density at radius 2 is 1.76 bits per heavy atom. The number of benzene rings is 2. The minimum Gasteiger partial charge on any atom is -0.457 e. The van der Waals surface area contributed by atoms with Gasteiger partial charge in [-0.2, -0.15) is 5.26 Å². The molecule has 1 N–H and O–H groups in total. The van der Waals surface area contributed by atoms with Gasteiger partial charge >= 0.3 is 6.36 Å². The van der Waals surface area contributed by atoms with Crippen molar-refractivity contribution in [3.63, 3.8) is 0 Å². The third kappa shape index (κ3) is 5.86. The van der Waals surface area contributed by atoms with Crippen LogP contribution in [0.1, 0.15) is 17.0 Å². The highest BCUT2D eigenvalue weighted by Gasteiger charge is 2.31. The number of ether oxygens (including phenoxy) is 2. The van der Waals surface area contributed by atoms with E-state index in [0.717, 1.165) is 18.3 Å². The summed E-state index contributed by atoms with van der Waals surface area (Å²) in [5.41, 5.74) is 0.642. The molecule has 0 saturated heterocycles. The van der Waals surface area contributed by atoms with Gasteiger partial charge in [0.05, 0.1) is 17.6 Å². The van der Waals surface area contributed by atoms with Crippen LogP contribution in [0.4, 0.5) is 13.2 Å². The fraction of sp³-hybridized carbons (Fsp3) is 0.130. The second kappa shape index (κ2) is 9.82. The molecular weight excluding hydrogens is 437 g/mol. The minimum atomic E-state index is -4.83. The van der Waals surface area contributed by atoms with Crippen molar-refractivity contribution in [3.05, 3.63) is 82.3 Å². The van der Waals surface area contributed by atoms with Crippen LogP contribution < -0.4 is 15.0 Å². The van der Waals surface area contributed by atoms with E-state index in [0.29, 0.717) is 16.9 Å². The lowest BCUT2D eigenvalue weighted by molar-refractivity contribution is -0.274. The molecule has 0 amide bonds. The van der Waals surface area contributed by atoms with E-state index in [-0.39, 0.29) is 11.4 Å². The van der Waals surface area contributed by atoms with Crippen LogP contribution >= 0.6 is 0 Å². The molecule has 1 atom stereocenters. The Kier molecular flexibility index (Phi) is 6.93. The van der Waals surface area contributed by atoms with Crippen LogP contribution in [0.5, 0.6) is 17.2 Å². The maximum atomic E-state index is 12.8. The molecule has 1 unspecified atom stereocenters. The zero-order valence-corrected chi connectivity index (χ0v) is 17.2. The molecule has 0 fully saturated rings. The van der Waals surface area contributed by atoms with Gasteiger partial charge in [0, 0.05) is 43.0 Å². The van der Waals surface area contributed by atoms with Crippen molar-refractivity contribution in [1.82, 2.24) is 4.57 Å². The van der Waals surface area contributed by atoms with Gasteiger partial charge in [0.25, 0.3) is 5.56 Å². The van der Waals surface area contributed by atoms with Crippen molar-refractivity contribution in [2.75, 3.05) is 7.05 Å². The maximum absolute atomic E-state index is 12.8. The number of aliphatic imine (C=N–C) groups is 1. The monoisotopic (exact) mass is 454 g/mol. The SMILES string of the molecule is CN=CC(C=N)c1cn(-c2ccc(OC(F)(F)F)cc2)c(=O)cc1Oc1ccc(C#N)cc1. The van der Waals surface area contributed by atoms with Gasteiger partial charge in [-0.25, -0.2) is 0 Å². The third-order valence-corrected chi connectivity index (χ3v) is 4.45. The molecule has 3 rings (SSSR count). The Balaban J connectivity index is 2.05. The van der Waals surface area contributed by atoms with Crippen molar-refractivity contribution in [1.29, 1.82) is 10.7 Å². The molecule has 3 aromatic rings. The highest BCUT2D eigenvalue weighted by atomic mass is 19.4. The van der Waals surface area contributed by atoms with E-state index in [1.165, 1.54) is 42.2 Å². The molecule has 0 spiro atoms. The first-order chi connectivity index (χ1) is 15.7. The first kappa shape index (κ1) is 23.3. The molecule has 0 bridgehead atoms. The smallest absolute Gasteiger partial charge is 0.457 e. The lowest BCUT2D eigenvalue weighted by atomic mass is 10.0. The Labute approximate surface area is 186 Å². The van der Waals surface area contributed by atoms with Crippen LogP contribution in [0.15, 0.2) is 70.6 Å². The van der Waals surface area contributed by atoms with E-state index in [1.807, 2.05) is 6.07 Å². The summed E-state index contributed by atoms with van der Waals surface area (Å²) in [6.45, 7) is 0. The Morgan fingerprint density at radius 3 is 2.30 bits per heavy atom. The van der Waals surface area contributed by atoms with Crippen molar-refractivity contribution < 1.29 is 22.6 Å². The lowest BCUT2D eigenvalue weighted by Crippen LogP contribution is -2.20. The van der Waals surface area contributed by atoms with Crippen molar-refractivity contribution in [2.45, 2.75) is 12.3 Å². The predicted molar refractivity (Wildman–Crippen MR) is 116 cm³/mol. The van der Waals surface area contributed by atoms with Gasteiger partial charge in [-0.1, -0.05) is 0 Å². The Bertz CT molecular complexity index is 1260. The fourth-order valence-corrected chi connectivity index (χ4v) is 2.98. The quantitative estimate of drug-likeness (QED) is 0.517. The van der Waals surface area contributed by atoms with Crippen molar-refractivity contribution >= 4 is 12.4 Å². The molecule has 0 aliphatic heterocycles. The predicted octanol–water partition coefficient (Wildman–Crippen LogP) is 4.83. The average Bonchev–Trinajstić information content (AvgIpc) is 2.78. The van der Waals surface area contributed by atoms with Gasteiger partial charge in [0.2, 0.25) is 0 Å². The molecule has 168 valence electrons. The first-order valence-electron chi connectivity index (χ1n) is 9.47. The van der Waals surface area contributed by atoms with Crippen molar-refractivity contribution in [2.24, 2.45) is 4.99 Å². The van der Waals surface area contributed by atoms with Gasteiger partial charge in [0.15, 0.2) is 0 Å². The molecule has 0 aliphatic carbocycles. The Hall–Kier alpha value is -4.39. The van der Waals surface area contributed by atoms with E-state index < -0.39 is 23.6 Å². The average molecular weight is 454 g/mol. The summed E-state index contributed by atoms with van der Waals surface area (Å²) in [4.78, 5) is 16.8. The van der Waals surface area contributed by atoms with Crippen LogP contribution in [-0.2, 0) is 0 Å². The Morgan fingerprint density at radius 1 is 1.12 bits per heavy atom. The van der Waals surface area contributed by atoms with E-state index in [2.05, 4.69) is 9.73 Å². The summed E-state index contributed by atoms with van der Waals surface area (Å²) in [5.74, 6) is -0.511. The molecule has 0 radical (unpaired) electrons. The van der Waals surface area contributed by atoms with Crippen LogP contribution in [0.25, 0.3) is 5.69 Å². The topological polar surface area (TPSA) is 100 Å². The van der Waals surface area contributed by atoms with Gasteiger partial charge < -0.3 is 14.9 Å². The largest absolute Gasteiger partial charge is 0.573 e. The fourth-order valence-electron chi connectivity index (χ4n) is 2.98. The van der Waals surface area contributed by atoms with Crippen LogP contribution in [0.2, 0.25) is 0 Å². The number of alkyl halides is 3. The molecule has 0 saturated carbocycles. The molecule has 1 heterocycles. The molecular formula is C23H17F3N4O3. The third-order valence-electron chi connectivity index (χ3n) is 4.45. The maximum Gasteiger partial charge on any atom is 0.573 e. The first-order valence-corrected chi connectivity index (χ1v) is 9.47. The molecule has 10 heteroatoms. The number of hydrogen-bond acceptors (Lipinski definition) is 6. The van der Waals surface area contributed by atoms with E-state index in [4.69, 9.17) is 15.4 Å². The van der Waals surface area contributed by atoms with Gasteiger partial charge in [-0.15, -0.1) is 13.2 Å². The molecule has 7 nitrogen and oxygen atoms in total. The summed E-state index contributed by atoms with van der Waals surface area (Å²) >= 11 is 0. The molecule has 33 heavy (non-hydrogen) atoms. The summed E-state index contributed by atoms with van der Waals surface area (Å²) in [5, 5.41) is 16.7. The van der Waals surface area contributed by atoms with E-state index >= 15 is 0 Å². The number of nitriles is 1. The lowest BCUT2D eigenvalue weighted by Gasteiger charge is -2.17. The van der Waals surface area contributed by atoms with Crippen LogP contribution in [0.3, 0.4) is 0 Å². The highest BCUT2D eigenvalue weighted by Crippen LogP contribution is 2.30. The minimum absolute atomic E-state index is 0.173.